The molecule has 1 amide bonds. The van der Waals surface area contributed by atoms with Gasteiger partial charge in [0, 0.05) is 17.3 Å². The molecule has 0 aliphatic carbocycles. The number of hydrogen-bond donors (Lipinski definition) is 2. The smallest absolute Gasteiger partial charge is 0.227 e. The van der Waals surface area contributed by atoms with Crippen molar-refractivity contribution in [3.8, 4) is 0 Å². The molecule has 4 heteroatoms. The van der Waals surface area contributed by atoms with E-state index in [4.69, 9.17) is 0 Å². The summed E-state index contributed by atoms with van der Waals surface area (Å²) >= 11 is 1.60. The van der Waals surface area contributed by atoms with E-state index >= 15 is 0 Å². The van der Waals surface area contributed by atoms with E-state index in [1.165, 1.54) is 0 Å². The average molecular weight is 224 g/mol. The van der Waals surface area contributed by atoms with E-state index < -0.39 is 0 Å². The van der Waals surface area contributed by atoms with Crippen LogP contribution >= 0.6 is 11.3 Å². The Kier molecular flexibility index (Phi) is 3.38. The first-order valence-electron chi connectivity index (χ1n) is 5.32. The normalized spacial score (nSPS) is 26.2. The Morgan fingerprint density at radius 3 is 3.20 bits per heavy atom. The number of rotatable bonds is 2. The number of anilines is 1. The lowest BCUT2D eigenvalue weighted by atomic mass is 9.92. The predicted octanol–water partition coefficient (Wildman–Crippen LogP) is 2.07. The summed E-state index contributed by atoms with van der Waals surface area (Å²) in [5.74, 6) is 0.336. The molecule has 0 spiro atoms. The van der Waals surface area contributed by atoms with Gasteiger partial charge in [-0.1, -0.05) is 0 Å². The molecule has 2 rings (SSSR count). The van der Waals surface area contributed by atoms with E-state index in [1.807, 2.05) is 16.8 Å². The Morgan fingerprint density at radius 1 is 1.67 bits per heavy atom. The van der Waals surface area contributed by atoms with Crippen LogP contribution in [0, 0.1) is 5.92 Å². The highest BCUT2D eigenvalue weighted by molar-refractivity contribution is 7.08. The quantitative estimate of drug-likeness (QED) is 0.807. The maximum absolute atomic E-state index is 11.9. The van der Waals surface area contributed by atoms with Gasteiger partial charge < -0.3 is 10.6 Å². The summed E-state index contributed by atoms with van der Waals surface area (Å²) in [5, 5.41) is 10.2. The van der Waals surface area contributed by atoms with Crippen molar-refractivity contribution in [1.29, 1.82) is 0 Å². The van der Waals surface area contributed by atoms with E-state index in [1.54, 1.807) is 11.3 Å². The van der Waals surface area contributed by atoms with Crippen LogP contribution in [-0.4, -0.2) is 18.5 Å². The van der Waals surface area contributed by atoms with Crippen LogP contribution in [-0.2, 0) is 4.79 Å². The van der Waals surface area contributed by atoms with Gasteiger partial charge in [-0.05, 0) is 37.8 Å². The van der Waals surface area contributed by atoms with Crippen molar-refractivity contribution in [3.05, 3.63) is 16.8 Å². The fraction of sp³-hybridized carbons (Fsp3) is 0.545. The van der Waals surface area contributed by atoms with Crippen molar-refractivity contribution in [3.63, 3.8) is 0 Å². The monoisotopic (exact) mass is 224 g/mol. The first-order valence-corrected chi connectivity index (χ1v) is 6.26. The second kappa shape index (κ2) is 4.77. The van der Waals surface area contributed by atoms with E-state index in [0.717, 1.165) is 25.1 Å². The summed E-state index contributed by atoms with van der Waals surface area (Å²) in [5.41, 5.74) is 0.927. The Hall–Kier alpha value is -0.870. The molecule has 0 bridgehead atoms. The van der Waals surface area contributed by atoms with Crippen LogP contribution in [0.1, 0.15) is 19.8 Å². The molecule has 15 heavy (non-hydrogen) atoms. The lowest BCUT2D eigenvalue weighted by Crippen LogP contribution is -2.40. The summed E-state index contributed by atoms with van der Waals surface area (Å²) in [4.78, 5) is 11.9. The number of nitrogens with one attached hydrogen (secondary N) is 2. The Bertz CT molecular complexity index is 323. The van der Waals surface area contributed by atoms with Gasteiger partial charge in [-0.15, -0.1) is 0 Å². The van der Waals surface area contributed by atoms with E-state index in [9.17, 15) is 4.79 Å². The maximum Gasteiger partial charge on any atom is 0.227 e. The third-order valence-corrected chi connectivity index (χ3v) is 3.47. The SMILES string of the molecule is CC1CC(C(=O)Nc2ccsc2)CCN1. The van der Waals surface area contributed by atoms with Crippen LogP contribution in [0.3, 0.4) is 0 Å². The highest BCUT2D eigenvalue weighted by atomic mass is 32.1. The fourth-order valence-corrected chi connectivity index (χ4v) is 2.54. The first kappa shape index (κ1) is 10.6. The largest absolute Gasteiger partial charge is 0.325 e. The second-order valence-electron chi connectivity index (χ2n) is 4.08. The molecule has 1 aliphatic heterocycles. The molecule has 1 saturated heterocycles. The van der Waals surface area contributed by atoms with E-state index in [-0.39, 0.29) is 11.8 Å². The van der Waals surface area contributed by atoms with Crippen molar-refractivity contribution < 1.29 is 4.79 Å². The van der Waals surface area contributed by atoms with Crippen LogP contribution in [0.5, 0.6) is 0 Å². The Morgan fingerprint density at radius 2 is 2.53 bits per heavy atom. The van der Waals surface area contributed by atoms with Crippen molar-refractivity contribution in [2.45, 2.75) is 25.8 Å². The number of piperidine rings is 1. The van der Waals surface area contributed by atoms with E-state index in [0.29, 0.717) is 6.04 Å². The minimum atomic E-state index is 0.168. The zero-order valence-corrected chi connectivity index (χ0v) is 9.64. The molecule has 1 fully saturated rings. The second-order valence-corrected chi connectivity index (χ2v) is 4.86. The zero-order chi connectivity index (χ0) is 10.7. The fourth-order valence-electron chi connectivity index (χ4n) is 1.95. The first-order chi connectivity index (χ1) is 7.25. The number of hydrogen-bond acceptors (Lipinski definition) is 3. The van der Waals surface area contributed by atoms with Gasteiger partial charge in [-0.25, -0.2) is 0 Å². The molecule has 1 aromatic rings. The molecule has 3 nitrogen and oxygen atoms in total. The van der Waals surface area contributed by atoms with Crippen LogP contribution in [0.4, 0.5) is 5.69 Å². The van der Waals surface area contributed by atoms with Crippen molar-refractivity contribution in [1.82, 2.24) is 5.32 Å². The standard InChI is InChI=1S/C11H16N2OS/c1-8-6-9(2-4-12-8)11(14)13-10-3-5-15-7-10/h3,5,7-9,12H,2,4,6H2,1H3,(H,13,14). The molecule has 82 valence electrons. The highest BCUT2D eigenvalue weighted by Crippen LogP contribution is 2.19. The molecular formula is C11H16N2OS. The predicted molar refractivity (Wildman–Crippen MR) is 63.1 cm³/mol. The molecule has 2 unspecified atom stereocenters. The Labute approximate surface area is 93.9 Å². The van der Waals surface area contributed by atoms with Gasteiger partial charge >= 0.3 is 0 Å². The van der Waals surface area contributed by atoms with Gasteiger partial charge in [0.05, 0.1) is 5.69 Å². The van der Waals surface area contributed by atoms with Crippen LogP contribution in [0.15, 0.2) is 16.8 Å². The summed E-state index contributed by atoms with van der Waals surface area (Å²) in [6.45, 7) is 3.08. The maximum atomic E-state index is 11.9. The lowest BCUT2D eigenvalue weighted by molar-refractivity contribution is -0.120. The molecule has 0 radical (unpaired) electrons. The van der Waals surface area contributed by atoms with Crippen LogP contribution < -0.4 is 10.6 Å². The molecule has 1 aromatic heterocycles. The summed E-state index contributed by atoms with van der Waals surface area (Å²) in [6.07, 6.45) is 1.89. The molecule has 2 N–H and O–H groups in total. The number of carbonyl (C=O) groups excluding carboxylic acids is 1. The van der Waals surface area contributed by atoms with Crippen molar-refractivity contribution in [2.75, 3.05) is 11.9 Å². The molecule has 2 atom stereocenters. The van der Waals surface area contributed by atoms with Gasteiger partial charge in [-0.2, -0.15) is 11.3 Å². The van der Waals surface area contributed by atoms with Gasteiger partial charge in [0.25, 0.3) is 0 Å². The molecule has 0 aromatic carbocycles. The van der Waals surface area contributed by atoms with Gasteiger partial charge in [0.1, 0.15) is 0 Å². The number of carbonyl (C=O) groups is 1. The van der Waals surface area contributed by atoms with E-state index in [2.05, 4.69) is 17.6 Å². The minimum absolute atomic E-state index is 0.168. The summed E-state index contributed by atoms with van der Waals surface area (Å²) in [7, 11) is 0. The van der Waals surface area contributed by atoms with Gasteiger partial charge in [-0.3, -0.25) is 4.79 Å². The third-order valence-electron chi connectivity index (χ3n) is 2.78. The lowest BCUT2D eigenvalue weighted by Gasteiger charge is -2.26. The topological polar surface area (TPSA) is 41.1 Å². The molecule has 2 heterocycles. The van der Waals surface area contributed by atoms with Crippen LogP contribution in [0.2, 0.25) is 0 Å². The number of thiophene rings is 1. The molecule has 0 saturated carbocycles. The van der Waals surface area contributed by atoms with Crippen molar-refractivity contribution >= 4 is 22.9 Å². The van der Waals surface area contributed by atoms with Gasteiger partial charge in [0.15, 0.2) is 0 Å². The highest BCUT2D eigenvalue weighted by Gasteiger charge is 2.24. The van der Waals surface area contributed by atoms with Crippen molar-refractivity contribution in [2.24, 2.45) is 5.92 Å². The molecular weight excluding hydrogens is 208 g/mol. The summed E-state index contributed by atoms with van der Waals surface area (Å²) in [6, 6.07) is 2.39. The molecule has 1 aliphatic rings. The minimum Gasteiger partial charge on any atom is -0.325 e. The number of amides is 1. The van der Waals surface area contributed by atoms with Gasteiger partial charge in [0.2, 0.25) is 5.91 Å². The Balaban J connectivity index is 1.90. The summed E-state index contributed by atoms with van der Waals surface area (Å²) < 4.78 is 0. The average Bonchev–Trinajstić information content (AvgIpc) is 2.70. The van der Waals surface area contributed by atoms with Crippen LogP contribution in [0.25, 0.3) is 0 Å². The third kappa shape index (κ3) is 2.79. The zero-order valence-electron chi connectivity index (χ0n) is 8.82.